The first-order valence-electron chi connectivity index (χ1n) is 10.4. The van der Waals surface area contributed by atoms with Gasteiger partial charge in [-0.3, -0.25) is 19.3 Å². The molecule has 0 bridgehead atoms. The first kappa shape index (κ1) is 24.8. The minimum atomic E-state index is -0.570. The van der Waals surface area contributed by atoms with Gasteiger partial charge in [-0.25, -0.2) is 4.79 Å². The van der Waals surface area contributed by atoms with Gasteiger partial charge in [-0.2, -0.15) is 0 Å². The van der Waals surface area contributed by atoms with Gasteiger partial charge >= 0.3 is 5.97 Å². The fourth-order valence-electron chi connectivity index (χ4n) is 3.09. The van der Waals surface area contributed by atoms with Gasteiger partial charge in [-0.05, 0) is 67.1 Å². The summed E-state index contributed by atoms with van der Waals surface area (Å²) in [7, 11) is 1.46. The number of methoxy groups -OCH3 is 1. The largest absolute Gasteiger partial charge is 0.493 e. The minimum Gasteiger partial charge on any atom is -0.493 e. The van der Waals surface area contributed by atoms with E-state index in [4.69, 9.17) is 14.2 Å². The van der Waals surface area contributed by atoms with Gasteiger partial charge in [0.15, 0.2) is 18.1 Å². The van der Waals surface area contributed by atoms with Crippen LogP contribution in [-0.2, 0) is 19.1 Å². The Hall–Kier alpha value is -3.79. The summed E-state index contributed by atoms with van der Waals surface area (Å²) in [5, 5.41) is 2.15. The average molecular weight is 485 g/mol. The topological polar surface area (TPSA) is 111 Å². The summed E-state index contributed by atoms with van der Waals surface area (Å²) < 4.78 is 15.6. The number of carbonyl (C=O) groups is 4. The van der Waals surface area contributed by atoms with E-state index in [1.54, 1.807) is 43.3 Å². The fourth-order valence-corrected chi connectivity index (χ4v) is 3.93. The van der Waals surface area contributed by atoms with Crippen molar-refractivity contribution in [1.29, 1.82) is 0 Å². The summed E-state index contributed by atoms with van der Waals surface area (Å²) in [5.41, 5.74) is 2.10. The smallest absolute Gasteiger partial charge is 0.344 e. The average Bonchev–Trinajstić information content (AvgIpc) is 3.05. The number of hydrogen-bond acceptors (Lipinski definition) is 8. The second-order valence-electron chi connectivity index (χ2n) is 7.19. The third-order valence-electron chi connectivity index (χ3n) is 4.61. The van der Waals surface area contributed by atoms with Crippen LogP contribution in [0.15, 0.2) is 47.4 Å². The third-order valence-corrected chi connectivity index (χ3v) is 5.52. The second kappa shape index (κ2) is 11.4. The van der Waals surface area contributed by atoms with Gasteiger partial charge in [0.2, 0.25) is 5.91 Å². The van der Waals surface area contributed by atoms with Crippen LogP contribution in [0.4, 0.5) is 10.5 Å². The van der Waals surface area contributed by atoms with Crippen molar-refractivity contribution in [2.24, 2.45) is 0 Å². The molecule has 0 spiro atoms. The van der Waals surface area contributed by atoms with Crippen LogP contribution in [0.2, 0.25) is 0 Å². The number of carbonyl (C=O) groups excluding carboxylic acids is 4. The molecule has 0 saturated carbocycles. The highest BCUT2D eigenvalue weighted by Gasteiger charge is 2.36. The first-order valence-corrected chi connectivity index (χ1v) is 11.2. The molecule has 0 atom stereocenters. The first-order chi connectivity index (χ1) is 16.3. The van der Waals surface area contributed by atoms with E-state index in [0.29, 0.717) is 17.0 Å². The van der Waals surface area contributed by atoms with Crippen LogP contribution in [0, 0.1) is 6.92 Å². The highest BCUT2D eigenvalue weighted by atomic mass is 32.2. The molecule has 34 heavy (non-hydrogen) atoms. The van der Waals surface area contributed by atoms with Crippen LogP contribution >= 0.6 is 11.8 Å². The number of esters is 1. The molecule has 1 N–H and O–H groups in total. The summed E-state index contributed by atoms with van der Waals surface area (Å²) in [6.45, 7) is 3.12. The van der Waals surface area contributed by atoms with Crippen LogP contribution < -0.4 is 14.8 Å². The predicted molar refractivity (Wildman–Crippen MR) is 128 cm³/mol. The van der Waals surface area contributed by atoms with Gasteiger partial charge in [0.25, 0.3) is 11.1 Å². The Morgan fingerprint density at radius 2 is 1.91 bits per heavy atom. The zero-order valence-corrected chi connectivity index (χ0v) is 19.8. The molecule has 1 saturated heterocycles. The summed E-state index contributed by atoms with van der Waals surface area (Å²) in [6, 6.07) is 12.1. The Kier molecular flexibility index (Phi) is 8.31. The Labute approximate surface area is 201 Å². The van der Waals surface area contributed by atoms with Crippen molar-refractivity contribution < 1.29 is 33.4 Å². The lowest BCUT2D eigenvalue weighted by molar-refractivity contribution is -0.145. The van der Waals surface area contributed by atoms with Crippen molar-refractivity contribution in [3.05, 3.63) is 58.5 Å². The number of thioether (sulfide) groups is 1. The third kappa shape index (κ3) is 6.38. The van der Waals surface area contributed by atoms with E-state index in [0.717, 1.165) is 22.2 Å². The van der Waals surface area contributed by atoms with Crippen molar-refractivity contribution in [2.75, 3.05) is 32.2 Å². The normalized spacial score (nSPS) is 14.3. The SMILES string of the molecule is CCOC(=O)COc1cc(/C=C2\SC(=O)N(CC(=O)Nc3cccc(C)c3)C2=O)ccc1OC. The molecule has 3 amide bonds. The van der Waals surface area contributed by atoms with Crippen molar-refractivity contribution in [3.8, 4) is 11.5 Å². The fraction of sp³-hybridized carbons (Fsp3) is 0.250. The van der Waals surface area contributed by atoms with E-state index in [2.05, 4.69) is 5.32 Å². The number of ether oxygens (including phenoxy) is 3. The summed E-state index contributed by atoms with van der Waals surface area (Å²) in [6.07, 6.45) is 1.51. The molecule has 9 nitrogen and oxygen atoms in total. The van der Waals surface area contributed by atoms with Gasteiger partial charge in [0, 0.05) is 5.69 Å². The Morgan fingerprint density at radius 3 is 2.62 bits per heavy atom. The van der Waals surface area contributed by atoms with Crippen molar-refractivity contribution in [2.45, 2.75) is 13.8 Å². The van der Waals surface area contributed by atoms with Crippen LogP contribution in [0.3, 0.4) is 0 Å². The molecule has 1 aliphatic heterocycles. The molecule has 2 aromatic carbocycles. The lowest BCUT2D eigenvalue weighted by atomic mass is 10.2. The highest BCUT2D eigenvalue weighted by Crippen LogP contribution is 2.34. The van der Waals surface area contributed by atoms with E-state index in [-0.39, 0.29) is 23.9 Å². The maximum Gasteiger partial charge on any atom is 0.344 e. The van der Waals surface area contributed by atoms with Crippen molar-refractivity contribution in [3.63, 3.8) is 0 Å². The molecule has 2 aromatic rings. The number of hydrogen-bond donors (Lipinski definition) is 1. The number of amides is 3. The van der Waals surface area contributed by atoms with E-state index in [1.807, 2.05) is 13.0 Å². The van der Waals surface area contributed by atoms with E-state index >= 15 is 0 Å². The molecule has 178 valence electrons. The van der Waals surface area contributed by atoms with E-state index in [9.17, 15) is 19.2 Å². The molecule has 1 fully saturated rings. The molecule has 0 unspecified atom stereocenters. The summed E-state index contributed by atoms with van der Waals surface area (Å²) in [4.78, 5) is 50.2. The number of anilines is 1. The van der Waals surface area contributed by atoms with Crippen molar-refractivity contribution >= 4 is 46.5 Å². The van der Waals surface area contributed by atoms with Crippen LogP contribution in [0.1, 0.15) is 18.1 Å². The zero-order chi connectivity index (χ0) is 24.7. The van der Waals surface area contributed by atoms with E-state index in [1.165, 1.54) is 13.2 Å². The maximum atomic E-state index is 12.8. The number of nitrogens with one attached hydrogen (secondary N) is 1. The quantitative estimate of drug-likeness (QED) is 0.424. The Morgan fingerprint density at radius 1 is 1.12 bits per heavy atom. The van der Waals surface area contributed by atoms with Crippen LogP contribution in [-0.4, -0.2) is 54.8 Å². The number of rotatable bonds is 9. The van der Waals surface area contributed by atoms with Gasteiger partial charge < -0.3 is 19.5 Å². The van der Waals surface area contributed by atoms with E-state index < -0.39 is 29.6 Å². The molecule has 1 aliphatic rings. The van der Waals surface area contributed by atoms with Gasteiger partial charge in [0.05, 0.1) is 18.6 Å². The number of nitrogens with zero attached hydrogens (tertiary/aromatic N) is 1. The lowest BCUT2D eigenvalue weighted by Gasteiger charge is -2.13. The number of benzene rings is 2. The second-order valence-corrected chi connectivity index (χ2v) is 8.18. The zero-order valence-electron chi connectivity index (χ0n) is 19.0. The number of aryl methyl sites for hydroxylation is 1. The Balaban J connectivity index is 1.70. The molecule has 0 aromatic heterocycles. The van der Waals surface area contributed by atoms with Crippen LogP contribution in [0.25, 0.3) is 6.08 Å². The van der Waals surface area contributed by atoms with Crippen LogP contribution in [0.5, 0.6) is 11.5 Å². The molecule has 0 radical (unpaired) electrons. The predicted octanol–water partition coefficient (Wildman–Crippen LogP) is 3.62. The lowest BCUT2D eigenvalue weighted by Crippen LogP contribution is -2.36. The van der Waals surface area contributed by atoms with Gasteiger partial charge in [-0.15, -0.1) is 0 Å². The standard InChI is InChI=1S/C24H24N2O7S/c1-4-32-22(28)14-33-19-11-16(8-9-18(19)31-3)12-20-23(29)26(24(30)34-20)13-21(27)25-17-7-5-6-15(2)10-17/h5-12H,4,13-14H2,1-3H3,(H,25,27)/b20-12-. The molecule has 1 heterocycles. The summed E-state index contributed by atoms with van der Waals surface area (Å²) in [5.74, 6) is -0.907. The summed E-state index contributed by atoms with van der Waals surface area (Å²) >= 11 is 0.740. The highest BCUT2D eigenvalue weighted by molar-refractivity contribution is 8.18. The minimum absolute atomic E-state index is 0.162. The monoisotopic (exact) mass is 484 g/mol. The van der Waals surface area contributed by atoms with Gasteiger partial charge in [0.1, 0.15) is 6.54 Å². The molecular weight excluding hydrogens is 460 g/mol. The molecular formula is C24H24N2O7S. The molecule has 3 rings (SSSR count). The van der Waals surface area contributed by atoms with Crippen molar-refractivity contribution in [1.82, 2.24) is 4.90 Å². The molecule has 0 aliphatic carbocycles. The number of imide groups is 1. The molecule has 10 heteroatoms. The van der Waals surface area contributed by atoms with Gasteiger partial charge in [-0.1, -0.05) is 18.2 Å². The Bertz CT molecular complexity index is 1150. The maximum absolute atomic E-state index is 12.8.